The van der Waals surface area contributed by atoms with Gasteiger partial charge in [-0.2, -0.15) is 0 Å². The second-order valence-corrected chi connectivity index (χ2v) is 7.67. The molecule has 0 atom stereocenters. The summed E-state index contributed by atoms with van der Waals surface area (Å²) in [5.74, 6) is 1.64. The van der Waals surface area contributed by atoms with Crippen molar-refractivity contribution < 1.29 is 9.53 Å². The zero-order valence-electron chi connectivity index (χ0n) is 16.5. The number of amides is 1. The highest BCUT2D eigenvalue weighted by Gasteiger charge is 2.11. The number of rotatable bonds is 7. The first-order valence-corrected chi connectivity index (χ1v) is 10.0. The molecule has 7 heteroatoms. The maximum atomic E-state index is 12.2. The van der Waals surface area contributed by atoms with Crippen LogP contribution in [0.2, 0.25) is 0 Å². The number of H-pyrrole nitrogens is 1. The van der Waals surface area contributed by atoms with Crippen LogP contribution in [0.25, 0.3) is 0 Å². The van der Waals surface area contributed by atoms with Crippen LogP contribution in [0.4, 0.5) is 5.69 Å². The van der Waals surface area contributed by atoms with E-state index in [2.05, 4.69) is 20.5 Å². The van der Waals surface area contributed by atoms with Crippen molar-refractivity contribution in [2.45, 2.75) is 39.5 Å². The lowest BCUT2D eigenvalue weighted by atomic mass is 10.1. The lowest BCUT2D eigenvalue weighted by Crippen LogP contribution is -2.15. The highest BCUT2D eigenvalue weighted by Crippen LogP contribution is 2.23. The number of carbonyl (C=O) groups excluding carboxylic acids is 1. The molecule has 0 aliphatic heterocycles. The molecule has 0 aliphatic rings. The molecule has 0 unspecified atom stereocenters. The van der Waals surface area contributed by atoms with Gasteiger partial charge in [-0.05, 0) is 56.0 Å². The number of anilines is 1. The molecule has 1 amide bonds. The van der Waals surface area contributed by atoms with Crippen molar-refractivity contribution in [3.8, 4) is 5.75 Å². The summed E-state index contributed by atoms with van der Waals surface area (Å²) in [4.78, 5) is 16.6. The van der Waals surface area contributed by atoms with Crippen molar-refractivity contribution in [1.82, 2.24) is 15.2 Å². The van der Waals surface area contributed by atoms with Gasteiger partial charge in [-0.3, -0.25) is 9.89 Å². The van der Waals surface area contributed by atoms with E-state index in [9.17, 15) is 4.79 Å². The molecule has 3 aromatic rings. The topological polar surface area (TPSA) is 79.9 Å². The first kappa shape index (κ1) is 19.9. The number of thioether (sulfide) groups is 1. The van der Waals surface area contributed by atoms with Crippen LogP contribution in [-0.2, 0) is 11.4 Å². The molecule has 0 saturated heterocycles. The average Bonchev–Trinajstić information content (AvgIpc) is 3.10. The highest BCUT2D eigenvalue weighted by molar-refractivity contribution is 7.99. The van der Waals surface area contributed by atoms with Crippen molar-refractivity contribution in [3.63, 3.8) is 0 Å². The molecule has 0 saturated carbocycles. The van der Waals surface area contributed by atoms with E-state index in [1.165, 1.54) is 11.8 Å². The molecule has 2 aromatic carbocycles. The minimum absolute atomic E-state index is 0.0863. The molecule has 0 spiro atoms. The largest absolute Gasteiger partial charge is 0.485 e. The van der Waals surface area contributed by atoms with Gasteiger partial charge >= 0.3 is 0 Å². The zero-order chi connectivity index (χ0) is 20.1. The third-order valence-corrected chi connectivity index (χ3v) is 5.12. The molecule has 0 radical (unpaired) electrons. The van der Waals surface area contributed by atoms with Crippen LogP contribution >= 0.6 is 11.8 Å². The van der Waals surface area contributed by atoms with E-state index >= 15 is 0 Å². The number of carbonyl (C=O) groups is 1. The summed E-state index contributed by atoms with van der Waals surface area (Å²) in [6, 6.07) is 12.0. The van der Waals surface area contributed by atoms with Crippen molar-refractivity contribution >= 4 is 23.4 Å². The summed E-state index contributed by atoms with van der Waals surface area (Å²) in [7, 11) is 0. The molecule has 28 heavy (non-hydrogen) atoms. The number of aromatic nitrogens is 3. The van der Waals surface area contributed by atoms with Gasteiger partial charge in [-0.15, -0.1) is 5.10 Å². The van der Waals surface area contributed by atoms with Crippen LogP contribution in [0.5, 0.6) is 5.75 Å². The van der Waals surface area contributed by atoms with Gasteiger partial charge in [-0.25, -0.2) is 4.98 Å². The van der Waals surface area contributed by atoms with E-state index < -0.39 is 0 Å². The van der Waals surface area contributed by atoms with Gasteiger partial charge < -0.3 is 10.1 Å². The second-order valence-electron chi connectivity index (χ2n) is 6.73. The Morgan fingerprint density at radius 3 is 2.61 bits per heavy atom. The van der Waals surface area contributed by atoms with Crippen molar-refractivity contribution in [2.24, 2.45) is 0 Å². The lowest BCUT2D eigenvalue weighted by molar-refractivity contribution is -0.113. The average molecular weight is 397 g/mol. The van der Waals surface area contributed by atoms with E-state index in [4.69, 9.17) is 4.74 Å². The Morgan fingerprint density at radius 2 is 1.86 bits per heavy atom. The Kier molecular flexibility index (Phi) is 6.36. The van der Waals surface area contributed by atoms with Crippen molar-refractivity contribution in [3.05, 3.63) is 64.5 Å². The quantitative estimate of drug-likeness (QED) is 0.581. The third-order valence-electron chi connectivity index (χ3n) is 4.27. The minimum Gasteiger partial charge on any atom is -0.485 e. The first-order chi connectivity index (χ1) is 13.4. The van der Waals surface area contributed by atoms with Gasteiger partial charge in [0.05, 0.1) is 5.75 Å². The minimum atomic E-state index is -0.0863. The number of aryl methyl sites for hydroxylation is 4. The van der Waals surface area contributed by atoms with Crippen LogP contribution in [0, 0.1) is 27.7 Å². The molecule has 1 aromatic heterocycles. The standard InChI is InChI=1S/C21H24N4O2S/c1-13-8-9-14(2)17(10-13)22-19(26)12-28-21-23-18(24-25-21)11-27-20-15(3)6-5-7-16(20)4/h5-10H,11-12H2,1-4H3,(H,22,26)(H,23,24,25). The monoisotopic (exact) mass is 396 g/mol. The second kappa shape index (κ2) is 8.93. The van der Waals surface area contributed by atoms with E-state index in [0.29, 0.717) is 17.6 Å². The SMILES string of the molecule is Cc1ccc(C)c(NC(=O)CSc2n[nH]c(COc3c(C)cccc3C)n2)c1. The Labute approximate surface area is 169 Å². The van der Waals surface area contributed by atoms with Crippen LogP contribution in [0.3, 0.4) is 0 Å². The molecule has 2 N–H and O–H groups in total. The van der Waals surface area contributed by atoms with E-state index in [1.54, 1.807) is 0 Å². The molecule has 0 aliphatic carbocycles. The number of aromatic amines is 1. The highest BCUT2D eigenvalue weighted by atomic mass is 32.2. The number of hydrogen-bond donors (Lipinski definition) is 2. The van der Waals surface area contributed by atoms with Crippen molar-refractivity contribution in [1.29, 1.82) is 0 Å². The van der Waals surface area contributed by atoms with Crippen LogP contribution in [0.15, 0.2) is 41.6 Å². The number of benzene rings is 2. The molecule has 0 fully saturated rings. The Balaban J connectivity index is 1.52. The van der Waals surface area contributed by atoms with Crippen LogP contribution in [-0.4, -0.2) is 26.8 Å². The molecule has 0 bridgehead atoms. The molecule has 6 nitrogen and oxygen atoms in total. The molecular formula is C21H24N4O2S. The predicted octanol–water partition coefficient (Wildman–Crippen LogP) is 4.35. The van der Waals surface area contributed by atoms with E-state index in [0.717, 1.165) is 33.7 Å². The van der Waals surface area contributed by atoms with Crippen molar-refractivity contribution in [2.75, 3.05) is 11.1 Å². The van der Waals surface area contributed by atoms with E-state index in [-0.39, 0.29) is 11.7 Å². The maximum Gasteiger partial charge on any atom is 0.234 e. The molecule has 3 rings (SSSR count). The lowest BCUT2D eigenvalue weighted by Gasteiger charge is -2.10. The predicted molar refractivity (Wildman–Crippen MR) is 112 cm³/mol. The third kappa shape index (κ3) is 5.13. The maximum absolute atomic E-state index is 12.2. The fraction of sp³-hybridized carbons (Fsp3) is 0.286. The molecule has 1 heterocycles. The summed E-state index contributed by atoms with van der Waals surface area (Å²) in [6.07, 6.45) is 0. The first-order valence-electron chi connectivity index (χ1n) is 9.02. The zero-order valence-corrected chi connectivity index (χ0v) is 17.3. The number of ether oxygens (including phenoxy) is 1. The number of nitrogens with zero attached hydrogens (tertiary/aromatic N) is 2. The Morgan fingerprint density at radius 1 is 1.11 bits per heavy atom. The summed E-state index contributed by atoms with van der Waals surface area (Å²) < 4.78 is 5.87. The summed E-state index contributed by atoms with van der Waals surface area (Å²) in [5, 5.41) is 10.5. The van der Waals surface area contributed by atoms with E-state index in [1.807, 2.05) is 64.1 Å². The van der Waals surface area contributed by atoms with Gasteiger partial charge in [0, 0.05) is 5.69 Å². The van der Waals surface area contributed by atoms with Gasteiger partial charge in [0.1, 0.15) is 12.4 Å². The Hall–Kier alpha value is -2.80. The smallest absolute Gasteiger partial charge is 0.234 e. The number of para-hydroxylation sites is 1. The molecular weight excluding hydrogens is 372 g/mol. The van der Waals surface area contributed by atoms with Gasteiger partial charge in [0.2, 0.25) is 11.1 Å². The normalized spacial score (nSPS) is 10.7. The van der Waals surface area contributed by atoms with Gasteiger partial charge in [0.25, 0.3) is 0 Å². The van der Waals surface area contributed by atoms with Crippen LogP contribution in [0.1, 0.15) is 28.1 Å². The van der Waals surface area contributed by atoms with Gasteiger partial charge in [-0.1, -0.05) is 42.1 Å². The fourth-order valence-corrected chi connectivity index (χ4v) is 3.38. The Bertz CT molecular complexity index is 964. The fourth-order valence-electron chi connectivity index (χ4n) is 2.76. The summed E-state index contributed by atoms with van der Waals surface area (Å²) in [6.45, 7) is 8.30. The van der Waals surface area contributed by atoms with Gasteiger partial charge in [0.15, 0.2) is 5.82 Å². The summed E-state index contributed by atoms with van der Waals surface area (Å²) >= 11 is 1.29. The number of nitrogens with one attached hydrogen (secondary N) is 2. The van der Waals surface area contributed by atoms with Crippen LogP contribution < -0.4 is 10.1 Å². The number of hydrogen-bond acceptors (Lipinski definition) is 5. The summed E-state index contributed by atoms with van der Waals surface area (Å²) in [5.41, 5.74) is 5.14. The molecule has 146 valence electrons.